The highest BCUT2D eigenvalue weighted by Crippen LogP contribution is 2.43. The van der Waals surface area contributed by atoms with Gasteiger partial charge in [-0.2, -0.15) is 0 Å². The number of rotatable bonds is 4. The predicted molar refractivity (Wildman–Crippen MR) is 117 cm³/mol. The quantitative estimate of drug-likeness (QED) is 0.431. The van der Waals surface area contributed by atoms with Crippen LogP contribution in [0.3, 0.4) is 0 Å². The zero-order valence-electron chi connectivity index (χ0n) is 16.0. The molecule has 0 aliphatic heterocycles. The number of thiophene rings is 1. The Balaban J connectivity index is 1.74. The van der Waals surface area contributed by atoms with E-state index in [1.165, 1.54) is 10.1 Å². The van der Waals surface area contributed by atoms with Crippen LogP contribution >= 0.6 is 11.3 Å². The van der Waals surface area contributed by atoms with Crippen LogP contribution in [0, 0.1) is 5.92 Å². The van der Waals surface area contributed by atoms with Gasteiger partial charge in [0.25, 0.3) is 0 Å². The second kappa shape index (κ2) is 6.50. The SMILES string of the molecule is CN(C)CCCC1C(=O)c2cccc3c2c(cc2c4ccccc4sc32)C1=O. The van der Waals surface area contributed by atoms with Gasteiger partial charge < -0.3 is 4.90 Å². The summed E-state index contributed by atoms with van der Waals surface area (Å²) in [6.45, 7) is 0.877. The lowest BCUT2D eigenvalue weighted by Crippen LogP contribution is -2.30. The Morgan fingerprint density at radius 3 is 2.46 bits per heavy atom. The molecule has 1 aliphatic carbocycles. The molecule has 5 rings (SSSR count). The van der Waals surface area contributed by atoms with E-state index < -0.39 is 5.92 Å². The summed E-state index contributed by atoms with van der Waals surface area (Å²) in [5.41, 5.74) is 1.43. The van der Waals surface area contributed by atoms with Crippen molar-refractivity contribution in [2.24, 2.45) is 5.92 Å². The first-order valence-electron chi connectivity index (χ1n) is 9.66. The molecule has 140 valence electrons. The third-order valence-corrected chi connectivity index (χ3v) is 6.98. The molecule has 1 aromatic heterocycles. The number of hydrogen-bond donors (Lipinski definition) is 0. The first-order valence-corrected chi connectivity index (χ1v) is 10.5. The summed E-state index contributed by atoms with van der Waals surface area (Å²) >= 11 is 1.74. The van der Waals surface area contributed by atoms with Gasteiger partial charge in [0, 0.05) is 42.1 Å². The van der Waals surface area contributed by atoms with Crippen LogP contribution < -0.4 is 0 Å². The molecule has 3 aromatic carbocycles. The maximum absolute atomic E-state index is 13.4. The molecule has 1 unspecified atom stereocenters. The molecule has 0 saturated heterocycles. The third-order valence-electron chi connectivity index (χ3n) is 5.76. The van der Waals surface area contributed by atoms with Crippen LogP contribution in [0.5, 0.6) is 0 Å². The standard InChI is InChI=1S/C24H21NO2S/c1-25(2)12-6-10-17-22(26)15-8-5-9-16-21(15)19(23(17)27)13-18-14-7-3-4-11-20(14)28-24(16)18/h3-5,7-9,11,13,17H,6,10,12H2,1-2H3. The number of hydrogen-bond acceptors (Lipinski definition) is 4. The van der Waals surface area contributed by atoms with Gasteiger partial charge in [-0.1, -0.05) is 36.4 Å². The normalized spacial score (nSPS) is 16.8. The van der Waals surface area contributed by atoms with Gasteiger partial charge in [0.05, 0.1) is 5.92 Å². The lowest BCUT2D eigenvalue weighted by atomic mass is 9.77. The smallest absolute Gasteiger partial charge is 0.174 e. The van der Waals surface area contributed by atoms with E-state index in [2.05, 4.69) is 17.0 Å². The molecule has 3 nitrogen and oxygen atoms in total. The minimum atomic E-state index is -0.555. The highest BCUT2D eigenvalue weighted by Gasteiger charge is 2.36. The van der Waals surface area contributed by atoms with E-state index in [9.17, 15) is 9.59 Å². The summed E-state index contributed by atoms with van der Waals surface area (Å²) in [6, 6.07) is 16.2. The highest BCUT2D eigenvalue weighted by molar-refractivity contribution is 7.26. The number of ketones is 2. The Labute approximate surface area is 167 Å². The van der Waals surface area contributed by atoms with Crippen molar-refractivity contribution in [3.05, 3.63) is 59.7 Å². The predicted octanol–water partition coefficient (Wildman–Crippen LogP) is 5.54. The molecular weight excluding hydrogens is 366 g/mol. The van der Waals surface area contributed by atoms with Crippen molar-refractivity contribution in [2.75, 3.05) is 20.6 Å². The number of benzene rings is 3. The summed E-state index contributed by atoms with van der Waals surface area (Å²) in [5.74, 6) is -0.577. The van der Waals surface area contributed by atoms with Crippen LogP contribution in [0.4, 0.5) is 0 Å². The van der Waals surface area contributed by atoms with Gasteiger partial charge in [0.1, 0.15) is 0 Å². The topological polar surface area (TPSA) is 37.4 Å². The molecule has 0 spiro atoms. The number of Topliss-reactive ketones (excluding diaryl/α,β-unsaturated/α-hetero) is 2. The fourth-order valence-electron chi connectivity index (χ4n) is 4.42. The Morgan fingerprint density at radius 1 is 0.893 bits per heavy atom. The maximum Gasteiger partial charge on any atom is 0.174 e. The Morgan fingerprint density at radius 2 is 1.64 bits per heavy atom. The van der Waals surface area contributed by atoms with Gasteiger partial charge in [-0.25, -0.2) is 0 Å². The molecule has 0 saturated carbocycles. The van der Waals surface area contributed by atoms with Crippen molar-refractivity contribution >= 4 is 53.8 Å². The van der Waals surface area contributed by atoms with E-state index in [0.29, 0.717) is 12.0 Å². The molecule has 4 heteroatoms. The van der Waals surface area contributed by atoms with E-state index >= 15 is 0 Å². The zero-order valence-corrected chi connectivity index (χ0v) is 16.8. The third kappa shape index (κ3) is 2.52. The zero-order chi connectivity index (χ0) is 19.4. The van der Waals surface area contributed by atoms with Gasteiger partial charge in [0.2, 0.25) is 0 Å². The van der Waals surface area contributed by atoms with Crippen molar-refractivity contribution < 1.29 is 9.59 Å². The monoisotopic (exact) mass is 387 g/mol. The van der Waals surface area contributed by atoms with E-state index in [4.69, 9.17) is 0 Å². The van der Waals surface area contributed by atoms with Gasteiger partial charge >= 0.3 is 0 Å². The fourth-order valence-corrected chi connectivity index (χ4v) is 5.64. The van der Waals surface area contributed by atoms with E-state index in [1.807, 2.05) is 50.5 Å². The Bertz CT molecular complexity index is 1270. The molecule has 0 N–H and O–H groups in total. The molecule has 1 aliphatic rings. The molecule has 0 bridgehead atoms. The number of fused-ring (bicyclic) bond motifs is 4. The number of nitrogens with zero attached hydrogens (tertiary/aromatic N) is 1. The van der Waals surface area contributed by atoms with E-state index in [-0.39, 0.29) is 11.6 Å². The first-order chi connectivity index (χ1) is 13.6. The van der Waals surface area contributed by atoms with Crippen molar-refractivity contribution in [1.82, 2.24) is 4.90 Å². The van der Waals surface area contributed by atoms with Crippen molar-refractivity contribution in [3.8, 4) is 0 Å². The van der Waals surface area contributed by atoms with Crippen LogP contribution in [0.15, 0.2) is 48.5 Å². The minimum Gasteiger partial charge on any atom is -0.309 e. The average Bonchev–Trinajstić information content (AvgIpc) is 3.07. The van der Waals surface area contributed by atoms with Gasteiger partial charge in [-0.05, 0) is 45.6 Å². The highest BCUT2D eigenvalue weighted by atomic mass is 32.1. The van der Waals surface area contributed by atoms with Crippen LogP contribution in [0.1, 0.15) is 33.6 Å². The number of carbonyl (C=O) groups excluding carboxylic acids is 2. The van der Waals surface area contributed by atoms with Crippen LogP contribution in [0.2, 0.25) is 0 Å². The lowest BCUT2D eigenvalue weighted by Gasteiger charge is -2.24. The summed E-state index contributed by atoms with van der Waals surface area (Å²) in [4.78, 5) is 28.6. The summed E-state index contributed by atoms with van der Waals surface area (Å²) in [6.07, 6.45) is 1.44. The minimum absolute atomic E-state index is 0.00960. The number of carbonyl (C=O) groups is 2. The maximum atomic E-state index is 13.4. The van der Waals surface area contributed by atoms with Crippen LogP contribution in [0.25, 0.3) is 30.9 Å². The van der Waals surface area contributed by atoms with E-state index in [1.54, 1.807) is 11.3 Å². The molecule has 28 heavy (non-hydrogen) atoms. The summed E-state index contributed by atoms with van der Waals surface area (Å²) in [5, 5.41) is 4.18. The molecule has 1 heterocycles. The Hall–Kier alpha value is -2.56. The second-order valence-corrected chi connectivity index (χ2v) is 8.91. The fraction of sp³-hybridized carbons (Fsp3) is 0.250. The van der Waals surface area contributed by atoms with Crippen LogP contribution in [-0.4, -0.2) is 37.1 Å². The molecule has 0 fully saturated rings. The molecule has 0 radical (unpaired) electrons. The summed E-state index contributed by atoms with van der Waals surface area (Å²) in [7, 11) is 4.03. The average molecular weight is 388 g/mol. The summed E-state index contributed by atoms with van der Waals surface area (Å²) < 4.78 is 2.37. The Kier molecular flexibility index (Phi) is 4.07. The lowest BCUT2D eigenvalue weighted by molar-refractivity contribution is 0.0791. The second-order valence-electron chi connectivity index (χ2n) is 7.85. The van der Waals surface area contributed by atoms with E-state index in [0.717, 1.165) is 39.4 Å². The van der Waals surface area contributed by atoms with Gasteiger partial charge in [-0.3, -0.25) is 9.59 Å². The van der Waals surface area contributed by atoms with Crippen molar-refractivity contribution in [1.29, 1.82) is 0 Å². The van der Waals surface area contributed by atoms with Gasteiger partial charge in [-0.15, -0.1) is 11.3 Å². The van der Waals surface area contributed by atoms with Crippen molar-refractivity contribution in [2.45, 2.75) is 12.8 Å². The van der Waals surface area contributed by atoms with Gasteiger partial charge in [0.15, 0.2) is 11.6 Å². The first kappa shape index (κ1) is 17.5. The molecule has 1 atom stereocenters. The van der Waals surface area contributed by atoms with Crippen molar-refractivity contribution in [3.63, 3.8) is 0 Å². The molecule has 4 aromatic rings. The molecular formula is C24H21NO2S. The largest absolute Gasteiger partial charge is 0.309 e. The van der Waals surface area contributed by atoms with Crippen LogP contribution in [-0.2, 0) is 0 Å². The molecule has 0 amide bonds.